The molecule has 1 saturated heterocycles. The Balaban J connectivity index is 2.46. The molecule has 1 aromatic carbocycles. The number of para-hydroxylation sites is 1. The van der Waals surface area contributed by atoms with E-state index in [4.69, 9.17) is 9.84 Å². The molecule has 1 heterocycles. The molecule has 3 N–H and O–H groups in total. The van der Waals surface area contributed by atoms with E-state index in [1.54, 1.807) is 0 Å². The Kier molecular flexibility index (Phi) is 5.27. The van der Waals surface area contributed by atoms with Crippen molar-refractivity contribution < 1.29 is 24.9 Å². The van der Waals surface area contributed by atoms with Gasteiger partial charge in [0.25, 0.3) is 5.91 Å². The van der Waals surface area contributed by atoms with E-state index in [-0.39, 0.29) is 36.7 Å². The van der Waals surface area contributed by atoms with Gasteiger partial charge in [-0.05, 0) is 0 Å². The summed E-state index contributed by atoms with van der Waals surface area (Å²) in [4.78, 5) is 12.1. The Morgan fingerprint density at radius 1 is 1.24 bits per heavy atom. The average molecular weight is 297 g/mol. The lowest BCUT2D eigenvalue weighted by Gasteiger charge is -2.43. The Hall–Kier alpha value is -1.51. The normalized spacial score (nSPS) is 23.6. The summed E-state index contributed by atoms with van der Waals surface area (Å²) in [6.45, 7) is -0.546. The van der Waals surface area contributed by atoms with Crippen LogP contribution in [0.15, 0.2) is 30.3 Å². The van der Waals surface area contributed by atoms with Crippen molar-refractivity contribution in [1.82, 2.24) is 9.60 Å². The second kappa shape index (κ2) is 6.97. The molecule has 0 aromatic heterocycles. The van der Waals surface area contributed by atoms with Crippen LogP contribution in [0.5, 0.6) is 0 Å². The predicted molar refractivity (Wildman–Crippen MR) is 75.6 cm³/mol. The molecular formula is C14H21N2O5+. The van der Waals surface area contributed by atoms with Crippen LogP contribution in [0.4, 0.5) is 5.69 Å². The van der Waals surface area contributed by atoms with Gasteiger partial charge in [-0.25, -0.2) is 0 Å². The number of carbonyl (C=O) groups is 1. The lowest BCUT2D eigenvalue weighted by Crippen LogP contribution is -2.66. The van der Waals surface area contributed by atoms with Crippen molar-refractivity contribution in [1.29, 1.82) is 0 Å². The zero-order chi connectivity index (χ0) is 15.3. The summed E-state index contributed by atoms with van der Waals surface area (Å²) in [5.41, 5.74) is 0.745. The molecule has 2 atom stereocenters. The molecule has 1 aliphatic rings. The highest BCUT2D eigenvalue weighted by Gasteiger charge is 2.53. The van der Waals surface area contributed by atoms with Crippen LogP contribution in [0, 0.1) is 0 Å². The molecule has 7 heteroatoms. The van der Waals surface area contributed by atoms with Gasteiger partial charge in [0.05, 0.1) is 19.6 Å². The van der Waals surface area contributed by atoms with E-state index in [0.717, 1.165) is 5.69 Å². The number of ether oxygens (including phenoxy) is 1. The minimum absolute atomic E-state index is 0.0471. The maximum absolute atomic E-state index is 12.1. The third-order valence-corrected chi connectivity index (χ3v) is 3.76. The first-order chi connectivity index (χ1) is 10.2. The fourth-order valence-corrected chi connectivity index (χ4v) is 2.83. The average Bonchev–Trinajstić information content (AvgIpc) is 2.86. The van der Waals surface area contributed by atoms with E-state index in [9.17, 15) is 15.0 Å². The van der Waals surface area contributed by atoms with Gasteiger partial charge in [0.1, 0.15) is 13.2 Å². The van der Waals surface area contributed by atoms with Crippen LogP contribution in [0.2, 0.25) is 0 Å². The number of amides is 1. The number of quaternary nitrogens is 1. The highest BCUT2D eigenvalue weighted by molar-refractivity contribution is 5.80. The minimum Gasteiger partial charge on any atom is -0.394 e. The van der Waals surface area contributed by atoms with Gasteiger partial charge in [-0.15, -0.1) is 0 Å². The lowest BCUT2D eigenvalue weighted by molar-refractivity contribution is -0.183. The van der Waals surface area contributed by atoms with Crippen LogP contribution < -0.4 is 4.59 Å². The van der Waals surface area contributed by atoms with Gasteiger partial charge in [0.2, 0.25) is 6.23 Å². The van der Waals surface area contributed by atoms with E-state index >= 15 is 0 Å². The first-order valence-corrected chi connectivity index (χ1v) is 6.89. The third kappa shape index (κ3) is 2.78. The maximum Gasteiger partial charge on any atom is 0.276 e. The fourth-order valence-electron chi connectivity index (χ4n) is 2.83. The predicted octanol–water partition coefficient (Wildman–Crippen LogP) is -0.582. The number of aliphatic hydroxyl groups is 3. The van der Waals surface area contributed by atoms with Crippen molar-refractivity contribution in [2.75, 3.05) is 33.1 Å². The van der Waals surface area contributed by atoms with Gasteiger partial charge < -0.3 is 20.1 Å². The summed E-state index contributed by atoms with van der Waals surface area (Å²) in [5, 5.41) is 29.5. The molecule has 0 bridgehead atoms. The molecule has 1 aliphatic heterocycles. The topological polar surface area (TPSA) is 90.2 Å². The van der Waals surface area contributed by atoms with Crippen molar-refractivity contribution in [3.63, 3.8) is 0 Å². The monoisotopic (exact) mass is 297 g/mol. The fraction of sp³-hybridized carbons (Fsp3) is 0.500. The molecule has 0 aliphatic carbocycles. The number of hydrogen-bond acceptors (Lipinski definition) is 5. The Bertz CT molecular complexity index is 470. The number of aliphatic hydroxyl groups excluding tert-OH is 3. The number of hydrogen-bond donors (Lipinski definition) is 3. The smallest absolute Gasteiger partial charge is 0.276 e. The molecule has 116 valence electrons. The molecule has 0 radical (unpaired) electrons. The van der Waals surface area contributed by atoms with Crippen LogP contribution in [0.1, 0.15) is 6.42 Å². The second-order valence-corrected chi connectivity index (χ2v) is 4.80. The molecule has 2 rings (SSSR count). The summed E-state index contributed by atoms with van der Waals surface area (Å²) < 4.78 is 5.44. The number of rotatable bonds is 7. The Morgan fingerprint density at radius 3 is 2.52 bits per heavy atom. The quantitative estimate of drug-likeness (QED) is 0.586. The molecule has 0 spiro atoms. The zero-order valence-electron chi connectivity index (χ0n) is 11.8. The molecule has 7 nitrogen and oxygen atoms in total. The van der Waals surface area contributed by atoms with Crippen molar-refractivity contribution in [2.24, 2.45) is 0 Å². The largest absolute Gasteiger partial charge is 0.394 e. The molecule has 1 amide bonds. The van der Waals surface area contributed by atoms with Gasteiger partial charge in [-0.2, -0.15) is 9.60 Å². The summed E-state index contributed by atoms with van der Waals surface area (Å²) in [6, 6.07) is 9.16. The lowest BCUT2D eigenvalue weighted by atomic mass is 10.2. The van der Waals surface area contributed by atoms with E-state index in [1.165, 1.54) is 5.01 Å². The standard InChI is InChI=1S/C14H21N2O5/c17-8-9-21-14(10-18)16(12-4-2-1-3-5-12)7-6-13(20)15(16)11-19/h1-5,14,17-19H,6-11H2/q+1. The third-order valence-electron chi connectivity index (χ3n) is 3.76. The summed E-state index contributed by atoms with van der Waals surface area (Å²) >= 11 is 0. The van der Waals surface area contributed by atoms with Gasteiger partial charge in [0, 0.05) is 12.1 Å². The van der Waals surface area contributed by atoms with Gasteiger partial charge in [0.15, 0.2) is 12.4 Å². The SMILES string of the molecule is O=C1CC[N+](c2ccccc2)(C(CO)OCCO)N1CO. The van der Waals surface area contributed by atoms with Crippen LogP contribution >= 0.6 is 0 Å². The zero-order valence-corrected chi connectivity index (χ0v) is 11.8. The number of nitrogens with zero attached hydrogens (tertiary/aromatic N) is 2. The molecule has 2 unspecified atom stereocenters. The van der Waals surface area contributed by atoms with Crippen molar-refractivity contribution in [3.05, 3.63) is 30.3 Å². The minimum atomic E-state index is -0.766. The highest BCUT2D eigenvalue weighted by atomic mass is 16.5. The second-order valence-electron chi connectivity index (χ2n) is 4.80. The number of carbonyl (C=O) groups excluding carboxylic acids is 1. The first kappa shape index (κ1) is 15.9. The molecule has 1 aromatic rings. The van der Waals surface area contributed by atoms with Gasteiger partial charge in [-0.3, -0.25) is 4.79 Å². The first-order valence-electron chi connectivity index (χ1n) is 6.89. The van der Waals surface area contributed by atoms with E-state index < -0.39 is 13.0 Å². The van der Waals surface area contributed by atoms with E-state index in [2.05, 4.69) is 0 Å². The molecule has 0 saturated carbocycles. The van der Waals surface area contributed by atoms with Crippen LogP contribution in [0.3, 0.4) is 0 Å². The van der Waals surface area contributed by atoms with Gasteiger partial charge >= 0.3 is 0 Å². The number of benzene rings is 1. The molecular weight excluding hydrogens is 276 g/mol. The van der Waals surface area contributed by atoms with Gasteiger partial charge in [-0.1, -0.05) is 18.2 Å². The van der Waals surface area contributed by atoms with Crippen LogP contribution in [-0.2, 0) is 9.53 Å². The van der Waals surface area contributed by atoms with Crippen molar-refractivity contribution >= 4 is 11.6 Å². The highest BCUT2D eigenvalue weighted by Crippen LogP contribution is 2.34. The summed E-state index contributed by atoms with van der Waals surface area (Å²) in [6.07, 6.45) is -0.507. The molecule has 21 heavy (non-hydrogen) atoms. The van der Waals surface area contributed by atoms with E-state index in [1.807, 2.05) is 30.3 Å². The van der Waals surface area contributed by atoms with Crippen LogP contribution in [0.25, 0.3) is 0 Å². The van der Waals surface area contributed by atoms with Crippen molar-refractivity contribution in [3.8, 4) is 0 Å². The van der Waals surface area contributed by atoms with Crippen LogP contribution in [-0.4, -0.2) is 65.6 Å². The Labute approximate surface area is 123 Å². The summed E-state index contributed by atoms with van der Waals surface area (Å²) in [5.74, 6) is -0.201. The van der Waals surface area contributed by atoms with E-state index in [0.29, 0.717) is 6.54 Å². The van der Waals surface area contributed by atoms with Crippen molar-refractivity contribution in [2.45, 2.75) is 12.6 Å². The maximum atomic E-state index is 12.1. The molecule has 1 fully saturated rings. The summed E-state index contributed by atoms with van der Waals surface area (Å²) in [7, 11) is 0. The Morgan fingerprint density at radius 2 is 1.95 bits per heavy atom.